The number of methoxy groups -OCH3 is 1. The van der Waals surface area contributed by atoms with Crippen LogP contribution in [0.5, 0.6) is 11.5 Å². The maximum absolute atomic E-state index is 12.8. The molecule has 1 fully saturated rings. The number of rotatable bonds is 9. The molecule has 2 N–H and O–H groups in total. The zero-order valence-electron chi connectivity index (χ0n) is 18.5. The number of aliphatic imine (C=N–C) groups is 1. The minimum atomic E-state index is -2.94. The van der Waals surface area contributed by atoms with Crippen molar-refractivity contribution in [2.75, 3.05) is 34.3 Å². The Kier molecular flexibility index (Phi) is 11.3. The van der Waals surface area contributed by atoms with Gasteiger partial charge >= 0.3 is 6.61 Å². The second-order valence-electron chi connectivity index (χ2n) is 7.59. The molecular weight excluding hydrogens is 521 g/mol. The monoisotopic (exact) mass is 554 g/mol. The summed E-state index contributed by atoms with van der Waals surface area (Å²) in [5.74, 6) is 1.09. The normalized spacial score (nSPS) is 15.3. The average Bonchev–Trinajstić information content (AvgIpc) is 3.19. The molecule has 0 radical (unpaired) electrons. The summed E-state index contributed by atoms with van der Waals surface area (Å²) in [5.41, 5.74) is 0.0669. The third-order valence-corrected chi connectivity index (χ3v) is 5.26. The van der Waals surface area contributed by atoms with Gasteiger partial charge in [0.2, 0.25) is 5.91 Å². The molecule has 1 aromatic carbocycles. The van der Waals surface area contributed by atoms with E-state index in [0.29, 0.717) is 30.4 Å². The van der Waals surface area contributed by atoms with Gasteiger partial charge in [-0.2, -0.15) is 8.78 Å². The summed E-state index contributed by atoms with van der Waals surface area (Å²) in [6.07, 6.45) is 3.72. The largest absolute Gasteiger partial charge is 0.497 e. The molecule has 0 aromatic heterocycles. The lowest BCUT2D eigenvalue weighted by Crippen LogP contribution is -2.49. The van der Waals surface area contributed by atoms with E-state index < -0.39 is 12.0 Å². The maximum atomic E-state index is 12.8. The van der Waals surface area contributed by atoms with Gasteiger partial charge in [-0.3, -0.25) is 4.79 Å². The minimum absolute atomic E-state index is 0. The van der Waals surface area contributed by atoms with Crippen molar-refractivity contribution in [2.45, 2.75) is 45.8 Å². The number of guanidine groups is 1. The van der Waals surface area contributed by atoms with Crippen LogP contribution in [0.2, 0.25) is 0 Å². The fourth-order valence-electron chi connectivity index (χ4n) is 3.75. The lowest BCUT2D eigenvalue weighted by Gasteiger charge is -2.31. The molecule has 1 aliphatic carbocycles. The molecule has 1 aromatic rings. The van der Waals surface area contributed by atoms with Gasteiger partial charge in [0.15, 0.2) is 5.96 Å². The Morgan fingerprint density at radius 2 is 1.94 bits per heavy atom. The summed E-state index contributed by atoms with van der Waals surface area (Å²) < 4.78 is 35.3. The van der Waals surface area contributed by atoms with Crippen LogP contribution >= 0.6 is 24.0 Å². The van der Waals surface area contributed by atoms with Gasteiger partial charge in [-0.05, 0) is 31.9 Å². The molecule has 0 atom stereocenters. The molecule has 0 bridgehead atoms. The summed E-state index contributed by atoms with van der Waals surface area (Å²) in [7, 11) is 5.01. The molecule has 1 saturated carbocycles. The Bertz CT molecular complexity index is 741. The standard InChI is InChI=1S/C21H32F2N4O3.HI/c1-5-24-20(26-14-21(10-6-7-11-21)18(28)27(2)3)25-13-15-8-9-16(29-4)12-17(15)30-19(22)23;/h8-9,12,19H,5-7,10-11,13-14H2,1-4H3,(H2,24,25,26);1H. The molecule has 0 unspecified atom stereocenters. The first kappa shape index (κ1) is 27.2. The quantitative estimate of drug-likeness (QED) is 0.277. The van der Waals surface area contributed by atoms with Crippen molar-refractivity contribution in [1.82, 2.24) is 15.5 Å². The highest BCUT2D eigenvalue weighted by atomic mass is 127. The molecular formula is C21H33F2IN4O3. The Balaban J connectivity index is 0.00000480. The molecule has 0 heterocycles. The van der Waals surface area contributed by atoms with Crippen LogP contribution in [0.1, 0.15) is 38.2 Å². The van der Waals surface area contributed by atoms with Crippen molar-refractivity contribution in [3.8, 4) is 11.5 Å². The highest BCUT2D eigenvalue weighted by Gasteiger charge is 2.42. The number of benzene rings is 1. The first-order valence-corrected chi connectivity index (χ1v) is 10.2. The van der Waals surface area contributed by atoms with E-state index in [1.165, 1.54) is 13.2 Å². The van der Waals surface area contributed by atoms with E-state index in [-0.39, 0.29) is 42.2 Å². The van der Waals surface area contributed by atoms with Gasteiger partial charge in [0.1, 0.15) is 11.5 Å². The number of hydrogen-bond donors (Lipinski definition) is 2. The van der Waals surface area contributed by atoms with E-state index >= 15 is 0 Å². The highest BCUT2D eigenvalue weighted by Crippen LogP contribution is 2.39. The summed E-state index contributed by atoms with van der Waals surface area (Å²) in [4.78, 5) is 18.9. The van der Waals surface area contributed by atoms with Crippen molar-refractivity contribution in [2.24, 2.45) is 10.4 Å². The van der Waals surface area contributed by atoms with Crippen LogP contribution in [0, 0.1) is 5.41 Å². The van der Waals surface area contributed by atoms with Crippen molar-refractivity contribution in [3.05, 3.63) is 23.8 Å². The Labute approximate surface area is 200 Å². The molecule has 1 aliphatic rings. The van der Waals surface area contributed by atoms with Gasteiger partial charge in [-0.25, -0.2) is 4.99 Å². The van der Waals surface area contributed by atoms with E-state index in [0.717, 1.165) is 25.7 Å². The van der Waals surface area contributed by atoms with Gasteiger partial charge in [-0.1, -0.05) is 12.8 Å². The fourth-order valence-corrected chi connectivity index (χ4v) is 3.75. The van der Waals surface area contributed by atoms with Gasteiger partial charge in [-0.15, -0.1) is 24.0 Å². The van der Waals surface area contributed by atoms with Gasteiger partial charge < -0.3 is 25.0 Å². The molecule has 2 rings (SSSR count). The molecule has 0 saturated heterocycles. The summed E-state index contributed by atoms with van der Waals surface area (Å²) in [6.45, 7) is 0.232. The van der Waals surface area contributed by atoms with Crippen LogP contribution in [0.3, 0.4) is 0 Å². The zero-order chi connectivity index (χ0) is 22.1. The zero-order valence-corrected chi connectivity index (χ0v) is 20.9. The highest BCUT2D eigenvalue weighted by molar-refractivity contribution is 14.0. The van der Waals surface area contributed by atoms with Crippen LogP contribution in [-0.2, 0) is 11.3 Å². The number of hydrogen-bond acceptors (Lipinski definition) is 4. The predicted molar refractivity (Wildman–Crippen MR) is 127 cm³/mol. The van der Waals surface area contributed by atoms with E-state index in [1.54, 1.807) is 31.1 Å². The maximum Gasteiger partial charge on any atom is 0.387 e. The molecule has 0 aliphatic heterocycles. The predicted octanol–water partition coefficient (Wildman–Crippen LogP) is 3.62. The Hall–Kier alpha value is -1.85. The molecule has 176 valence electrons. The number of nitrogens with one attached hydrogen (secondary N) is 2. The second-order valence-corrected chi connectivity index (χ2v) is 7.59. The van der Waals surface area contributed by atoms with Gasteiger partial charge in [0.25, 0.3) is 0 Å². The van der Waals surface area contributed by atoms with Crippen LogP contribution in [-0.4, -0.2) is 57.7 Å². The first-order chi connectivity index (χ1) is 14.3. The summed E-state index contributed by atoms with van der Waals surface area (Å²) in [6, 6.07) is 4.74. The SMILES string of the molecule is CCNC(=NCc1ccc(OC)cc1OC(F)F)NCC1(C(=O)N(C)C)CCCC1.I. The van der Waals surface area contributed by atoms with E-state index in [1.807, 2.05) is 6.92 Å². The van der Waals surface area contributed by atoms with Crippen molar-refractivity contribution < 1.29 is 23.0 Å². The Morgan fingerprint density at radius 3 is 2.48 bits per heavy atom. The molecule has 1 amide bonds. The van der Waals surface area contributed by atoms with E-state index in [2.05, 4.69) is 20.4 Å². The van der Waals surface area contributed by atoms with Gasteiger partial charge in [0, 0.05) is 38.8 Å². The molecule has 7 nitrogen and oxygen atoms in total. The Morgan fingerprint density at radius 1 is 1.26 bits per heavy atom. The molecule has 10 heteroatoms. The van der Waals surface area contributed by atoms with E-state index in [4.69, 9.17) is 4.74 Å². The topological polar surface area (TPSA) is 75.2 Å². The second kappa shape index (κ2) is 12.9. The van der Waals surface area contributed by atoms with Crippen LogP contribution in [0.25, 0.3) is 0 Å². The summed E-state index contributed by atoms with van der Waals surface area (Å²) >= 11 is 0. The fraction of sp³-hybridized carbons (Fsp3) is 0.619. The van der Waals surface area contributed by atoms with Crippen molar-refractivity contribution in [3.63, 3.8) is 0 Å². The minimum Gasteiger partial charge on any atom is -0.497 e. The number of carbonyl (C=O) groups is 1. The lowest BCUT2D eigenvalue weighted by atomic mass is 9.84. The average molecular weight is 554 g/mol. The van der Waals surface area contributed by atoms with Crippen LogP contribution < -0.4 is 20.1 Å². The summed E-state index contributed by atoms with van der Waals surface area (Å²) in [5, 5.41) is 6.42. The number of nitrogens with zero attached hydrogens (tertiary/aromatic N) is 2. The molecule has 0 spiro atoms. The van der Waals surface area contributed by atoms with Crippen molar-refractivity contribution in [1.29, 1.82) is 0 Å². The smallest absolute Gasteiger partial charge is 0.387 e. The van der Waals surface area contributed by atoms with Crippen LogP contribution in [0.4, 0.5) is 8.78 Å². The van der Waals surface area contributed by atoms with Crippen molar-refractivity contribution >= 4 is 35.8 Å². The number of ether oxygens (including phenoxy) is 2. The number of carbonyl (C=O) groups excluding carboxylic acids is 1. The third kappa shape index (κ3) is 7.65. The molecule has 31 heavy (non-hydrogen) atoms. The number of halogens is 3. The van der Waals surface area contributed by atoms with Crippen LogP contribution in [0.15, 0.2) is 23.2 Å². The third-order valence-electron chi connectivity index (χ3n) is 5.26. The number of alkyl halides is 2. The number of amides is 1. The van der Waals surface area contributed by atoms with Gasteiger partial charge in [0.05, 0.1) is 19.1 Å². The lowest BCUT2D eigenvalue weighted by molar-refractivity contribution is -0.138. The van der Waals surface area contributed by atoms with E-state index in [9.17, 15) is 13.6 Å². The first-order valence-electron chi connectivity index (χ1n) is 10.2.